The fraction of sp³-hybridized carbons (Fsp3) is 0.409. The summed E-state index contributed by atoms with van der Waals surface area (Å²) in [7, 11) is 0. The van der Waals surface area contributed by atoms with E-state index in [-0.39, 0.29) is 23.2 Å². The highest BCUT2D eigenvalue weighted by Crippen LogP contribution is 2.37. The Morgan fingerprint density at radius 1 is 0.960 bits per heavy atom. The maximum Gasteiger partial charge on any atom is 0.128 e. The average Bonchev–Trinajstić information content (AvgIpc) is 2.51. The van der Waals surface area contributed by atoms with Gasteiger partial charge in [0.25, 0.3) is 0 Å². The molecule has 25 heavy (non-hydrogen) atoms. The number of nitrogens with zero attached hydrogens (tertiary/aromatic N) is 1. The Balaban J connectivity index is 2.54. The molecular formula is C22H29NO2. The van der Waals surface area contributed by atoms with E-state index in [0.717, 1.165) is 16.8 Å². The molecule has 0 atom stereocenters. The Morgan fingerprint density at radius 2 is 1.64 bits per heavy atom. The lowest BCUT2D eigenvalue weighted by molar-refractivity contribution is 0.282. The highest BCUT2D eigenvalue weighted by atomic mass is 16.3. The third-order valence-corrected chi connectivity index (χ3v) is 4.26. The average molecular weight is 339 g/mol. The molecule has 3 heteroatoms. The number of aliphatic hydroxyl groups excluding tert-OH is 1. The molecule has 0 amide bonds. The molecule has 2 N–H and O–H groups in total. The fourth-order valence-corrected chi connectivity index (χ4v) is 2.64. The molecule has 0 heterocycles. The van der Waals surface area contributed by atoms with Crippen LogP contribution in [0.15, 0.2) is 41.4 Å². The van der Waals surface area contributed by atoms with Crippen molar-refractivity contribution in [2.45, 2.75) is 59.0 Å². The summed E-state index contributed by atoms with van der Waals surface area (Å²) in [5.74, 6) is 0.280. The number of hydrogen-bond acceptors (Lipinski definition) is 3. The standard InChI is InChI=1S/C22H29NO2/c1-21(2,3)17-11-16(20(25)19(12-17)22(4,5)6)13-23-18-9-7-8-15(10-18)14-24/h7-13,24-25H,14H2,1-6H3. The first-order valence-electron chi connectivity index (χ1n) is 8.64. The molecule has 0 aliphatic carbocycles. The number of aromatic hydroxyl groups is 1. The quantitative estimate of drug-likeness (QED) is 0.752. The molecule has 0 unspecified atom stereocenters. The third kappa shape index (κ3) is 4.70. The molecule has 2 rings (SSSR count). The number of aliphatic imine (C=N–C) groups is 1. The molecular weight excluding hydrogens is 310 g/mol. The van der Waals surface area contributed by atoms with Crippen LogP contribution in [-0.4, -0.2) is 16.4 Å². The second-order valence-corrected chi connectivity index (χ2v) is 8.55. The largest absolute Gasteiger partial charge is 0.507 e. The summed E-state index contributed by atoms with van der Waals surface area (Å²) in [6, 6.07) is 11.5. The fourth-order valence-electron chi connectivity index (χ4n) is 2.64. The first-order valence-corrected chi connectivity index (χ1v) is 8.64. The van der Waals surface area contributed by atoms with Crippen molar-refractivity contribution in [2.75, 3.05) is 0 Å². The van der Waals surface area contributed by atoms with Crippen LogP contribution in [0, 0.1) is 0 Å². The van der Waals surface area contributed by atoms with Gasteiger partial charge in [0.15, 0.2) is 0 Å². The lowest BCUT2D eigenvalue weighted by atomic mass is 9.79. The second-order valence-electron chi connectivity index (χ2n) is 8.55. The van der Waals surface area contributed by atoms with E-state index in [1.165, 1.54) is 5.56 Å². The Kier molecular flexibility index (Phi) is 5.38. The molecule has 0 saturated carbocycles. The Hall–Kier alpha value is -2.13. The molecule has 0 aromatic heterocycles. The summed E-state index contributed by atoms with van der Waals surface area (Å²) in [6.07, 6.45) is 1.70. The minimum absolute atomic E-state index is 0.0116. The van der Waals surface area contributed by atoms with Crippen LogP contribution in [0.3, 0.4) is 0 Å². The molecule has 3 nitrogen and oxygen atoms in total. The second kappa shape index (κ2) is 7.01. The van der Waals surface area contributed by atoms with Gasteiger partial charge >= 0.3 is 0 Å². The van der Waals surface area contributed by atoms with Crippen LogP contribution in [0.4, 0.5) is 5.69 Å². The zero-order chi connectivity index (χ0) is 18.8. The van der Waals surface area contributed by atoms with E-state index >= 15 is 0 Å². The Morgan fingerprint density at radius 3 is 2.20 bits per heavy atom. The van der Waals surface area contributed by atoms with Gasteiger partial charge in [0.1, 0.15) is 5.75 Å². The monoisotopic (exact) mass is 339 g/mol. The Labute approximate surface area is 151 Å². The van der Waals surface area contributed by atoms with E-state index in [1.807, 2.05) is 30.3 Å². The summed E-state index contributed by atoms with van der Waals surface area (Å²) >= 11 is 0. The van der Waals surface area contributed by atoms with Crippen molar-refractivity contribution in [3.63, 3.8) is 0 Å². The lowest BCUT2D eigenvalue weighted by Gasteiger charge is -2.26. The van der Waals surface area contributed by atoms with Crippen LogP contribution in [0.2, 0.25) is 0 Å². The maximum absolute atomic E-state index is 10.8. The van der Waals surface area contributed by atoms with Gasteiger partial charge in [-0.3, -0.25) is 4.99 Å². The van der Waals surface area contributed by atoms with Gasteiger partial charge < -0.3 is 10.2 Å². The van der Waals surface area contributed by atoms with E-state index in [1.54, 1.807) is 6.21 Å². The van der Waals surface area contributed by atoms with E-state index < -0.39 is 0 Å². The number of aliphatic hydroxyl groups is 1. The van der Waals surface area contributed by atoms with Crippen molar-refractivity contribution in [2.24, 2.45) is 4.99 Å². The van der Waals surface area contributed by atoms with Gasteiger partial charge in [0, 0.05) is 17.3 Å². The number of benzene rings is 2. The van der Waals surface area contributed by atoms with Crippen LogP contribution in [0.25, 0.3) is 0 Å². The number of phenols is 1. The number of hydrogen-bond donors (Lipinski definition) is 2. The van der Waals surface area contributed by atoms with E-state index in [0.29, 0.717) is 5.56 Å². The third-order valence-electron chi connectivity index (χ3n) is 4.26. The van der Waals surface area contributed by atoms with Gasteiger partial charge in [-0.15, -0.1) is 0 Å². The summed E-state index contributed by atoms with van der Waals surface area (Å²) < 4.78 is 0. The van der Waals surface area contributed by atoms with Gasteiger partial charge in [0.2, 0.25) is 0 Å². The molecule has 2 aromatic carbocycles. The molecule has 0 spiro atoms. The van der Waals surface area contributed by atoms with Gasteiger partial charge in [-0.1, -0.05) is 59.7 Å². The topological polar surface area (TPSA) is 52.8 Å². The van der Waals surface area contributed by atoms with Crippen molar-refractivity contribution < 1.29 is 10.2 Å². The van der Waals surface area contributed by atoms with E-state index in [9.17, 15) is 10.2 Å². The summed E-state index contributed by atoms with van der Waals surface area (Å²) in [4.78, 5) is 4.50. The van der Waals surface area contributed by atoms with Crippen LogP contribution >= 0.6 is 0 Å². The van der Waals surface area contributed by atoms with Gasteiger partial charge in [-0.2, -0.15) is 0 Å². The predicted octanol–water partition coefficient (Wildman–Crippen LogP) is 5.23. The summed E-state index contributed by atoms with van der Waals surface area (Å²) in [5, 5.41) is 20.0. The molecule has 0 aliphatic rings. The minimum atomic E-state index is -0.162. The van der Waals surface area contributed by atoms with Crippen LogP contribution < -0.4 is 0 Å². The van der Waals surface area contributed by atoms with E-state index in [2.05, 4.69) is 52.6 Å². The van der Waals surface area contributed by atoms with Crippen molar-refractivity contribution in [3.05, 3.63) is 58.7 Å². The van der Waals surface area contributed by atoms with Gasteiger partial charge in [0.05, 0.1) is 12.3 Å². The van der Waals surface area contributed by atoms with Crippen molar-refractivity contribution in [1.82, 2.24) is 0 Å². The first-order chi connectivity index (χ1) is 11.5. The zero-order valence-corrected chi connectivity index (χ0v) is 16.1. The molecule has 134 valence electrons. The molecule has 0 saturated heterocycles. The predicted molar refractivity (Wildman–Crippen MR) is 105 cm³/mol. The summed E-state index contributed by atoms with van der Waals surface area (Å²) in [5.41, 5.74) is 4.19. The first kappa shape index (κ1) is 19.2. The minimum Gasteiger partial charge on any atom is -0.507 e. The van der Waals surface area contributed by atoms with Gasteiger partial charge in [-0.25, -0.2) is 0 Å². The van der Waals surface area contributed by atoms with Crippen LogP contribution in [0.5, 0.6) is 5.75 Å². The molecule has 0 radical (unpaired) electrons. The van der Waals surface area contributed by atoms with Gasteiger partial charge in [-0.05, 0) is 40.2 Å². The smallest absolute Gasteiger partial charge is 0.128 e. The molecule has 0 bridgehead atoms. The van der Waals surface area contributed by atoms with Crippen molar-refractivity contribution >= 4 is 11.9 Å². The normalized spacial score (nSPS) is 12.8. The zero-order valence-electron chi connectivity index (χ0n) is 16.1. The summed E-state index contributed by atoms with van der Waals surface area (Å²) in [6.45, 7) is 12.8. The highest BCUT2D eigenvalue weighted by molar-refractivity contribution is 5.86. The SMILES string of the molecule is CC(C)(C)c1cc(C=Nc2cccc(CO)c2)c(O)c(C(C)(C)C)c1. The van der Waals surface area contributed by atoms with E-state index in [4.69, 9.17) is 0 Å². The van der Waals surface area contributed by atoms with Crippen molar-refractivity contribution in [1.29, 1.82) is 0 Å². The lowest BCUT2D eigenvalue weighted by Crippen LogP contribution is -2.17. The number of phenolic OH excluding ortho intramolecular Hbond substituents is 1. The van der Waals surface area contributed by atoms with Crippen LogP contribution in [-0.2, 0) is 17.4 Å². The Bertz CT molecular complexity index is 778. The van der Waals surface area contributed by atoms with Crippen molar-refractivity contribution in [3.8, 4) is 5.75 Å². The molecule has 0 aliphatic heterocycles. The van der Waals surface area contributed by atoms with Crippen LogP contribution in [0.1, 0.15) is 63.8 Å². The maximum atomic E-state index is 10.8. The molecule has 0 fully saturated rings. The highest BCUT2D eigenvalue weighted by Gasteiger charge is 2.24. The number of rotatable bonds is 3. The molecule has 2 aromatic rings.